The van der Waals surface area contributed by atoms with Crippen molar-refractivity contribution >= 4 is 0 Å². The molecule has 2 aliphatic rings. The summed E-state index contributed by atoms with van der Waals surface area (Å²) < 4.78 is 14.4. The summed E-state index contributed by atoms with van der Waals surface area (Å²) in [6.07, 6.45) is 6.07. The van der Waals surface area contributed by atoms with E-state index in [2.05, 4.69) is 18.7 Å². The first-order valence-corrected chi connectivity index (χ1v) is 6.05. The van der Waals surface area contributed by atoms with E-state index < -0.39 is 5.67 Å². The van der Waals surface area contributed by atoms with Gasteiger partial charge in [0.25, 0.3) is 0 Å². The van der Waals surface area contributed by atoms with E-state index in [-0.39, 0.29) is 0 Å². The number of alkyl halides is 1. The van der Waals surface area contributed by atoms with Crippen LogP contribution in [0, 0.1) is 5.92 Å². The molecule has 2 rings (SSSR count). The van der Waals surface area contributed by atoms with Crippen LogP contribution in [-0.4, -0.2) is 29.7 Å². The molecular formula is C12H22FN. The minimum atomic E-state index is -0.829. The Labute approximate surface area is 86.7 Å². The van der Waals surface area contributed by atoms with E-state index in [0.29, 0.717) is 25.0 Å². The van der Waals surface area contributed by atoms with Crippen LogP contribution in [0.5, 0.6) is 0 Å². The minimum Gasteiger partial charge on any atom is -0.294 e. The van der Waals surface area contributed by atoms with Crippen LogP contribution in [0.4, 0.5) is 4.39 Å². The third-order valence-electron chi connectivity index (χ3n) is 4.00. The Bertz CT molecular complexity index is 190. The number of hydrogen-bond acceptors (Lipinski definition) is 1. The topological polar surface area (TPSA) is 3.24 Å². The maximum Gasteiger partial charge on any atom is 0.139 e. The number of nitrogens with zero attached hydrogens (tertiary/aromatic N) is 1. The van der Waals surface area contributed by atoms with Crippen LogP contribution in [0.25, 0.3) is 0 Å². The van der Waals surface area contributed by atoms with Crippen molar-refractivity contribution in [1.29, 1.82) is 0 Å². The predicted molar refractivity (Wildman–Crippen MR) is 57.1 cm³/mol. The predicted octanol–water partition coefficient (Wildman–Crippen LogP) is 3.00. The van der Waals surface area contributed by atoms with Gasteiger partial charge >= 0.3 is 0 Å². The van der Waals surface area contributed by atoms with Crippen molar-refractivity contribution in [2.75, 3.05) is 13.1 Å². The Morgan fingerprint density at radius 1 is 1.14 bits per heavy atom. The van der Waals surface area contributed by atoms with E-state index >= 15 is 0 Å². The van der Waals surface area contributed by atoms with Gasteiger partial charge in [0.1, 0.15) is 5.67 Å². The molecule has 1 nitrogen and oxygen atoms in total. The molecule has 2 fully saturated rings. The molecular weight excluding hydrogens is 177 g/mol. The molecule has 0 unspecified atom stereocenters. The van der Waals surface area contributed by atoms with Gasteiger partial charge in [0.05, 0.1) is 0 Å². The van der Waals surface area contributed by atoms with Gasteiger partial charge < -0.3 is 0 Å². The molecule has 0 atom stereocenters. The Balaban J connectivity index is 1.86. The molecule has 1 saturated heterocycles. The normalized spacial score (nSPS) is 29.1. The SMILES string of the molecule is CC(C)N1CC(F)(C2CCCCC2)C1. The Morgan fingerprint density at radius 3 is 2.21 bits per heavy atom. The van der Waals surface area contributed by atoms with Crippen molar-refractivity contribution in [3.8, 4) is 0 Å². The van der Waals surface area contributed by atoms with Crippen molar-refractivity contribution in [1.82, 2.24) is 4.90 Å². The van der Waals surface area contributed by atoms with Crippen molar-refractivity contribution in [2.24, 2.45) is 5.92 Å². The fraction of sp³-hybridized carbons (Fsp3) is 1.00. The van der Waals surface area contributed by atoms with Crippen molar-refractivity contribution in [2.45, 2.75) is 57.7 Å². The third kappa shape index (κ3) is 1.81. The second-order valence-corrected chi connectivity index (χ2v) is 5.37. The Kier molecular flexibility index (Phi) is 2.83. The molecule has 1 aliphatic carbocycles. The lowest BCUT2D eigenvalue weighted by molar-refractivity contribution is -0.0965. The molecule has 82 valence electrons. The highest BCUT2D eigenvalue weighted by molar-refractivity contribution is 5.02. The zero-order valence-electron chi connectivity index (χ0n) is 9.43. The van der Waals surface area contributed by atoms with Crippen LogP contribution in [-0.2, 0) is 0 Å². The smallest absolute Gasteiger partial charge is 0.139 e. The van der Waals surface area contributed by atoms with Gasteiger partial charge in [-0.25, -0.2) is 4.39 Å². The molecule has 1 heterocycles. The number of likely N-dealkylation sites (tertiary alicyclic amines) is 1. The standard InChI is InChI=1S/C12H22FN/c1-10(2)14-8-12(13,9-14)11-6-4-3-5-7-11/h10-11H,3-9H2,1-2H3. The zero-order valence-corrected chi connectivity index (χ0v) is 9.43. The van der Waals surface area contributed by atoms with Gasteiger partial charge in [-0.2, -0.15) is 0 Å². The summed E-state index contributed by atoms with van der Waals surface area (Å²) in [5.74, 6) is 0.367. The van der Waals surface area contributed by atoms with Crippen molar-refractivity contribution in [3.63, 3.8) is 0 Å². The molecule has 1 aliphatic heterocycles. The zero-order chi connectivity index (χ0) is 10.2. The van der Waals surface area contributed by atoms with E-state index in [4.69, 9.17) is 0 Å². The lowest BCUT2D eigenvalue weighted by Gasteiger charge is -2.51. The third-order valence-corrected chi connectivity index (χ3v) is 4.00. The van der Waals surface area contributed by atoms with Crippen molar-refractivity contribution in [3.05, 3.63) is 0 Å². The van der Waals surface area contributed by atoms with Crippen LogP contribution in [0.1, 0.15) is 46.0 Å². The molecule has 0 N–H and O–H groups in total. The van der Waals surface area contributed by atoms with E-state index in [0.717, 1.165) is 12.8 Å². The number of rotatable bonds is 2. The summed E-state index contributed by atoms with van der Waals surface area (Å²) in [6.45, 7) is 5.69. The monoisotopic (exact) mass is 199 g/mol. The van der Waals surface area contributed by atoms with E-state index in [1.807, 2.05) is 0 Å². The number of halogens is 1. The van der Waals surface area contributed by atoms with Crippen molar-refractivity contribution < 1.29 is 4.39 Å². The molecule has 0 spiro atoms. The molecule has 0 aromatic heterocycles. The van der Waals surface area contributed by atoms with Crippen LogP contribution >= 0.6 is 0 Å². The largest absolute Gasteiger partial charge is 0.294 e. The molecule has 0 amide bonds. The first-order chi connectivity index (χ1) is 6.62. The summed E-state index contributed by atoms with van der Waals surface area (Å²) in [6, 6.07) is 0.516. The fourth-order valence-electron chi connectivity index (χ4n) is 2.87. The molecule has 0 aromatic carbocycles. The highest BCUT2D eigenvalue weighted by atomic mass is 19.1. The second kappa shape index (κ2) is 3.80. The summed E-state index contributed by atoms with van der Waals surface area (Å²) in [5.41, 5.74) is -0.829. The van der Waals surface area contributed by atoms with Gasteiger partial charge in [-0.3, -0.25) is 4.90 Å². The van der Waals surface area contributed by atoms with E-state index in [1.54, 1.807) is 0 Å². The lowest BCUT2D eigenvalue weighted by Crippen LogP contribution is -2.64. The highest BCUT2D eigenvalue weighted by Crippen LogP contribution is 2.41. The van der Waals surface area contributed by atoms with Gasteiger partial charge in [0, 0.05) is 19.1 Å². The maximum atomic E-state index is 14.4. The van der Waals surface area contributed by atoms with Gasteiger partial charge in [-0.15, -0.1) is 0 Å². The van der Waals surface area contributed by atoms with Gasteiger partial charge in [-0.1, -0.05) is 19.3 Å². The summed E-state index contributed by atoms with van der Waals surface area (Å²) in [4.78, 5) is 2.24. The molecule has 0 bridgehead atoms. The molecule has 2 heteroatoms. The fourth-order valence-corrected chi connectivity index (χ4v) is 2.87. The van der Waals surface area contributed by atoms with E-state index in [9.17, 15) is 4.39 Å². The summed E-state index contributed by atoms with van der Waals surface area (Å²) >= 11 is 0. The van der Waals surface area contributed by atoms with Crippen LogP contribution in [0.15, 0.2) is 0 Å². The van der Waals surface area contributed by atoms with Gasteiger partial charge in [0.15, 0.2) is 0 Å². The van der Waals surface area contributed by atoms with Gasteiger partial charge in [-0.05, 0) is 32.6 Å². The quantitative estimate of drug-likeness (QED) is 0.661. The molecule has 14 heavy (non-hydrogen) atoms. The summed E-state index contributed by atoms with van der Waals surface area (Å²) in [7, 11) is 0. The minimum absolute atomic E-state index is 0.367. The van der Waals surface area contributed by atoms with E-state index in [1.165, 1.54) is 19.3 Å². The Hall–Kier alpha value is -0.110. The average molecular weight is 199 g/mol. The van der Waals surface area contributed by atoms with Crippen LogP contribution < -0.4 is 0 Å². The second-order valence-electron chi connectivity index (χ2n) is 5.37. The first-order valence-electron chi connectivity index (χ1n) is 6.05. The summed E-state index contributed by atoms with van der Waals surface area (Å²) in [5, 5.41) is 0. The first kappa shape index (κ1) is 10.4. The lowest BCUT2D eigenvalue weighted by atomic mass is 9.74. The molecule has 0 aromatic rings. The average Bonchev–Trinajstić information content (AvgIpc) is 2.14. The van der Waals surface area contributed by atoms with Gasteiger partial charge in [0.2, 0.25) is 0 Å². The molecule has 0 radical (unpaired) electrons. The Morgan fingerprint density at radius 2 is 1.71 bits per heavy atom. The maximum absolute atomic E-state index is 14.4. The van der Waals surface area contributed by atoms with Crippen LogP contribution in [0.2, 0.25) is 0 Å². The molecule has 1 saturated carbocycles. The highest BCUT2D eigenvalue weighted by Gasteiger charge is 2.49. The van der Waals surface area contributed by atoms with Crippen LogP contribution in [0.3, 0.4) is 0 Å². The number of hydrogen-bond donors (Lipinski definition) is 0.